The van der Waals surface area contributed by atoms with Crippen molar-refractivity contribution in [3.05, 3.63) is 0 Å². The van der Waals surface area contributed by atoms with E-state index in [1.807, 2.05) is 0 Å². The molecule has 1 atom stereocenters. The number of carbonyl (C=O) groups is 3. The van der Waals surface area contributed by atoms with E-state index in [-0.39, 0.29) is 5.92 Å². The van der Waals surface area contributed by atoms with Crippen molar-refractivity contribution in [1.29, 1.82) is 0 Å². The van der Waals surface area contributed by atoms with Gasteiger partial charge in [-0.05, 0) is 26.7 Å². The third-order valence-electron chi connectivity index (χ3n) is 3.00. The quantitative estimate of drug-likeness (QED) is 0.557. The average molecular weight is 259 g/mol. The first-order valence-corrected chi connectivity index (χ1v) is 5.57. The second-order valence-corrected chi connectivity index (χ2v) is 5.23. The van der Waals surface area contributed by atoms with Crippen molar-refractivity contribution in [2.75, 3.05) is 0 Å². The number of carboxylic acid groups (broad SMARTS) is 1. The van der Waals surface area contributed by atoms with Crippen LogP contribution in [0.15, 0.2) is 0 Å². The van der Waals surface area contributed by atoms with Crippen molar-refractivity contribution in [3.63, 3.8) is 0 Å². The fourth-order valence-corrected chi connectivity index (χ4v) is 1.09. The fourth-order valence-electron chi connectivity index (χ4n) is 1.09. The summed E-state index contributed by atoms with van der Waals surface area (Å²) in [6.45, 7) is 7.63. The van der Waals surface area contributed by atoms with Crippen molar-refractivity contribution < 1.29 is 19.5 Å². The van der Waals surface area contributed by atoms with Crippen LogP contribution in [0.4, 0.5) is 4.79 Å². The van der Waals surface area contributed by atoms with Gasteiger partial charge in [0, 0.05) is 0 Å². The van der Waals surface area contributed by atoms with E-state index in [0.29, 0.717) is 0 Å². The summed E-state index contributed by atoms with van der Waals surface area (Å²) >= 11 is 0. The van der Waals surface area contributed by atoms with Gasteiger partial charge in [-0.15, -0.1) is 0 Å². The predicted molar refractivity (Wildman–Crippen MR) is 65.8 cm³/mol. The number of primary amides is 1. The molecule has 0 saturated heterocycles. The van der Waals surface area contributed by atoms with Gasteiger partial charge < -0.3 is 21.5 Å². The normalized spacial score (nSPS) is 14.8. The highest BCUT2D eigenvalue weighted by Crippen LogP contribution is 2.16. The summed E-state index contributed by atoms with van der Waals surface area (Å²) in [5.41, 5.74) is 2.58. The van der Waals surface area contributed by atoms with E-state index < -0.39 is 29.0 Å². The number of amides is 3. The Bertz CT molecular complexity index is 365. The Morgan fingerprint density at radius 2 is 1.56 bits per heavy atom. The number of nitrogens with two attached hydrogens (primary N) is 1. The molecule has 0 spiro atoms. The van der Waals surface area contributed by atoms with Gasteiger partial charge in [-0.3, -0.25) is 4.79 Å². The van der Waals surface area contributed by atoms with E-state index in [4.69, 9.17) is 10.8 Å². The van der Waals surface area contributed by atoms with Gasteiger partial charge in [0.1, 0.15) is 11.1 Å². The summed E-state index contributed by atoms with van der Waals surface area (Å²) in [6.07, 6.45) is 0. The maximum absolute atomic E-state index is 11.7. The third-order valence-corrected chi connectivity index (χ3v) is 3.00. The highest BCUT2D eigenvalue weighted by Gasteiger charge is 2.38. The lowest BCUT2D eigenvalue weighted by molar-refractivity contribution is -0.142. The highest BCUT2D eigenvalue weighted by molar-refractivity contribution is 5.91. The van der Waals surface area contributed by atoms with E-state index in [2.05, 4.69) is 10.6 Å². The Labute approximate surface area is 106 Å². The van der Waals surface area contributed by atoms with Crippen LogP contribution >= 0.6 is 0 Å². The molecule has 0 aliphatic carbocycles. The molecule has 0 aliphatic heterocycles. The number of nitrogens with one attached hydrogen (secondary N) is 2. The molecular weight excluding hydrogens is 238 g/mol. The van der Waals surface area contributed by atoms with Crippen LogP contribution in [0.1, 0.15) is 34.6 Å². The lowest BCUT2D eigenvalue weighted by Crippen LogP contribution is -2.63. The number of carbonyl (C=O) groups excluding carboxylic acids is 2. The van der Waals surface area contributed by atoms with E-state index in [0.717, 1.165) is 0 Å². The predicted octanol–water partition coefficient (Wildman–Crippen LogP) is 0.0488. The Morgan fingerprint density at radius 1 is 1.11 bits per heavy atom. The summed E-state index contributed by atoms with van der Waals surface area (Å²) < 4.78 is 0. The lowest BCUT2D eigenvalue weighted by atomic mass is 9.88. The third kappa shape index (κ3) is 3.61. The zero-order valence-corrected chi connectivity index (χ0v) is 11.3. The van der Waals surface area contributed by atoms with Gasteiger partial charge in [0.2, 0.25) is 5.91 Å². The minimum absolute atomic E-state index is 0.228. The molecular formula is C11H21N3O4. The molecule has 104 valence electrons. The van der Waals surface area contributed by atoms with Crippen LogP contribution in [0, 0.1) is 5.92 Å². The number of aliphatic carboxylic acids is 1. The van der Waals surface area contributed by atoms with E-state index in [1.165, 1.54) is 20.8 Å². The van der Waals surface area contributed by atoms with Crippen LogP contribution in [0.25, 0.3) is 0 Å². The molecule has 0 aromatic carbocycles. The second-order valence-electron chi connectivity index (χ2n) is 5.23. The molecule has 0 saturated carbocycles. The van der Waals surface area contributed by atoms with Crippen molar-refractivity contribution in [3.8, 4) is 0 Å². The van der Waals surface area contributed by atoms with Crippen LogP contribution in [0.3, 0.4) is 0 Å². The summed E-state index contributed by atoms with van der Waals surface area (Å²) in [4.78, 5) is 33.9. The zero-order valence-electron chi connectivity index (χ0n) is 11.3. The van der Waals surface area contributed by atoms with Gasteiger partial charge in [0.15, 0.2) is 0 Å². The first kappa shape index (κ1) is 16.2. The minimum atomic E-state index is -1.43. The molecule has 5 N–H and O–H groups in total. The number of urea groups is 1. The average Bonchev–Trinajstić information content (AvgIpc) is 2.15. The van der Waals surface area contributed by atoms with E-state index in [9.17, 15) is 14.4 Å². The largest absolute Gasteiger partial charge is 0.480 e. The minimum Gasteiger partial charge on any atom is -0.480 e. The molecule has 0 aliphatic rings. The highest BCUT2D eigenvalue weighted by atomic mass is 16.4. The maximum Gasteiger partial charge on any atom is 0.328 e. The zero-order chi connectivity index (χ0) is 14.7. The molecule has 0 aromatic rings. The number of hydrogen-bond donors (Lipinski definition) is 4. The van der Waals surface area contributed by atoms with Crippen LogP contribution in [0.2, 0.25) is 0 Å². The first-order valence-electron chi connectivity index (χ1n) is 5.57. The number of carboxylic acids is 1. The summed E-state index contributed by atoms with van der Waals surface area (Å²) in [6, 6.07) is -0.752. The van der Waals surface area contributed by atoms with Crippen molar-refractivity contribution in [2.24, 2.45) is 11.7 Å². The molecule has 0 bridgehead atoms. The smallest absolute Gasteiger partial charge is 0.328 e. The first-order chi connectivity index (χ1) is 7.93. The summed E-state index contributed by atoms with van der Waals surface area (Å²) in [5.74, 6) is -2.09. The molecule has 7 heteroatoms. The van der Waals surface area contributed by atoms with Crippen LogP contribution in [-0.4, -0.2) is 34.1 Å². The molecule has 7 nitrogen and oxygen atoms in total. The molecule has 0 radical (unpaired) electrons. The van der Waals surface area contributed by atoms with Gasteiger partial charge in [0.25, 0.3) is 0 Å². The van der Waals surface area contributed by atoms with Crippen LogP contribution in [-0.2, 0) is 9.59 Å². The topological polar surface area (TPSA) is 122 Å². The van der Waals surface area contributed by atoms with Crippen LogP contribution in [0.5, 0.6) is 0 Å². The number of hydrogen-bond acceptors (Lipinski definition) is 3. The number of rotatable bonds is 5. The Balaban J connectivity index is 4.85. The molecule has 18 heavy (non-hydrogen) atoms. The standard InChI is InChI=1S/C11H21N3O4/c1-6(2)11(5,7(12)15)14-9(18)13-10(3,4)8(16)17/h6H,1-5H3,(H2,12,15)(H,16,17)(H2,13,14,18). The molecule has 3 amide bonds. The van der Waals surface area contributed by atoms with Gasteiger partial charge in [-0.1, -0.05) is 13.8 Å². The van der Waals surface area contributed by atoms with Crippen LogP contribution < -0.4 is 16.4 Å². The second kappa shape index (κ2) is 5.24. The van der Waals surface area contributed by atoms with Gasteiger partial charge in [-0.2, -0.15) is 0 Å². The Kier molecular flexibility index (Phi) is 4.72. The summed E-state index contributed by atoms with van der Waals surface area (Å²) in [5, 5.41) is 13.6. The lowest BCUT2D eigenvalue weighted by Gasteiger charge is -2.33. The van der Waals surface area contributed by atoms with Gasteiger partial charge in [0.05, 0.1) is 0 Å². The fraction of sp³-hybridized carbons (Fsp3) is 0.727. The van der Waals surface area contributed by atoms with E-state index in [1.54, 1.807) is 13.8 Å². The summed E-state index contributed by atoms with van der Waals surface area (Å²) in [7, 11) is 0. The molecule has 0 rings (SSSR count). The SMILES string of the molecule is CC(C)C(C)(NC(=O)NC(C)(C)C(=O)O)C(N)=O. The van der Waals surface area contributed by atoms with Crippen molar-refractivity contribution in [2.45, 2.75) is 45.7 Å². The Morgan fingerprint density at radius 3 is 1.83 bits per heavy atom. The van der Waals surface area contributed by atoms with Gasteiger partial charge >= 0.3 is 12.0 Å². The van der Waals surface area contributed by atoms with Crippen molar-refractivity contribution in [1.82, 2.24) is 10.6 Å². The Hall–Kier alpha value is -1.79. The van der Waals surface area contributed by atoms with Crippen molar-refractivity contribution >= 4 is 17.9 Å². The monoisotopic (exact) mass is 259 g/mol. The molecule has 1 unspecified atom stereocenters. The molecule has 0 fully saturated rings. The van der Waals surface area contributed by atoms with Gasteiger partial charge in [-0.25, -0.2) is 9.59 Å². The molecule has 0 heterocycles. The molecule has 0 aromatic heterocycles. The maximum atomic E-state index is 11.7. The van der Waals surface area contributed by atoms with E-state index >= 15 is 0 Å².